The summed E-state index contributed by atoms with van der Waals surface area (Å²) in [5.41, 5.74) is 10.5. The third-order valence-corrected chi connectivity index (χ3v) is 1.01. The Morgan fingerprint density at radius 3 is 2.67 bits per heavy atom. The molecule has 0 bridgehead atoms. The molecule has 6 N–H and O–H groups in total. The van der Waals surface area contributed by atoms with Crippen molar-refractivity contribution in [3.05, 3.63) is 0 Å². The molecule has 0 aliphatic rings. The van der Waals surface area contributed by atoms with Gasteiger partial charge < -0.3 is 16.8 Å². The van der Waals surface area contributed by atoms with Crippen LogP contribution in [0.15, 0.2) is 4.99 Å². The predicted octanol–water partition coefficient (Wildman–Crippen LogP) is -2.08. The summed E-state index contributed by atoms with van der Waals surface area (Å²) in [5, 5.41) is 13.5. The Morgan fingerprint density at radius 2 is 2.17 bits per heavy atom. The van der Waals surface area contributed by atoms with Gasteiger partial charge in [-0.2, -0.15) is 5.26 Å². The fourth-order valence-corrected chi connectivity index (χ4v) is 0.559. The number of guanidine groups is 1. The van der Waals surface area contributed by atoms with Gasteiger partial charge in [0.25, 0.3) is 0 Å². The largest absolute Gasteiger partial charge is 0.354 e. The van der Waals surface area contributed by atoms with Gasteiger partial charge in [0.1, 0.15) is 0 Å². The second-order valence-electron chi connectivity index (χ2n) is 1.97. The van der Waals surface area contributed by atoms with Crippen LogP contribution in [0.25, 0.3) is 0 Å². The van der Waals surface area contributed by atoms with Crippen LogP contribution in [0.4, 0.5) is 0 Å². The van der Waals surface area contributed by atoms with Crippen LogP contribution in [0.5, 0.6) is 0 Å². The summed E-state index contributed by atoms with van der Waals surface area (Å²) in [6, 6.07) is 0. The molecule has 0 aromatic heterocycles. The lowest BCUT2D eigenvalue weighted by atomic mass is 10.6. The topological polar surface area (TPSA) is 112 Å². The van der Waals surface area contributed by atoms with Crippen molar-refractivity contribution in [3.8, 4) is 6.19 Å². The third-order valence-electron chi connectivity index (χ3n) is 1.01. The summed E-state index contributed by atoms with van der Waals surface area (Å²) in [5.74, 6) is 0.424. The lowest BCUT2D eigenvalue weighted by molar-refractivity contribution is 0.839. The molecule has 0 amide bonds. The first kappa shape index (κ1) is 10.7. The molecule has 0 radical (unpaired) electrons. The highest BCUT2D eigenvalue weighted by molar-refractivity contribution is 5.81. The zero-order valence-electron chi connectivity index (χ0n) is 6.88. The summed E-state index contributed by atoms with van der Waals surface area (Å²) >= 11 is 0. The fourth-order valence-electron chi connectivity index (χ4n) is 0.559. The minimum Gasteiger partial charge on any atom is -0.354 e. The molecule has 0 saturated heterocycles. The summed E-state index contributed by atoms with van der Waals surface area (Å²) in [6.45, 7) is 2.02. The van der Waals surface area contributed by atoms with Crippen molar-refractivity contribution in [2.24, 2.45) is 16.5 Å². The molecule has 0 fully saturated rings. The molecule has 0 rings (SSSR count). The molecule has 0 saturated carbocycles. The van der Waals surface area contributed by atoms with Crippen LogP contribution in [0, 0.1) is 11.5 Å². The van der Waals surface area contributed by atoms with E-state index in [0.717, 1.165) is 0 Å². The van der Waals surface area contributed by atoms with E-state index < -0.39 is 0 Å². The number of hydrogen-bond acceptors (Lipinski definition) is 4. The van der Waals surface area contributed by atoms with E-state index in [0.29, 0.717) is 32.1 Å². The average molecular weight is 170 g/mol. The first-order chi connectivity index (χ1) is 5.85. The first-order valence-electron chi connectivity index (χ1n) is 3.68. The van der Waals surface area contributed by atoms with Crippen molar-refractivity contribution in [3.63, 3.8) is 0 Å². The van der Waals surface area contributed by atoms with Gasteiger partial charge in [0.2, 0.25) is 5.96 Å². The van der Waals surface area contributed by atoms with Crippen molar-refractivity contribution in [2.45, 2.75) is 0 Å². The van der Waals surface area contributed by atoms with Crippen LogP contribution in [-0.2, 0) is 0 Å². The van der Waals surface area contributed by atoms with E-state index in [1.54, 1.807) is 6.19 Å². The first-order valence-corrected chi connectivity index (χ1v) is 3.68. The number of hydrogen-bond donors (Lipinski definition) is 4. The van der Waals surface area contributed by atoms with Gasteiger partial charge in [-0.15, -0.1) is 0 Å². The maximum atomic E-state index is 8.29. The van der Waals surface area contributed by atoms with Gasteiger partial charge in [-0.05, 0) is 0 Å². The fraction of sp³-hybridized carbons (Fsp3) is 0.667. The van der Waals surface area contributed by atoms with Gasteiger partial charge >= 0.3 is 0 Å². The maximum Gasteiger partial charge on any atom is 0.204 e. The molecule has 0 aliphatic heterocycles. The highest BCUT2D eigenvalue weighted by Gasteiger charge is 1.93. The zero-order chi connectivity index (χ0) is 9.23. The second kappa shape index (κ2) is 7.78. The van der Waals surface area contributed by atoms with Gasteiger partial charge in [-0.25, -0.2) is 0 Å². The van der Waals surface area contributed by atoms with Crippen LogP contribution in [0.2, 0.25) is 0 Å². The third kappa shape index (κ3) is 5.46. The predicted molar refractivity (Wildman–Crippen MR) is 47.2 cm³/mol. The highest BCUT2D eigenvalue weighted by atomic mass is 15.2. The number of nitriles is 1. The molecule has 0 heterocycles. The minimum absolute atomic E-state index is 0.424. The molecule has 68 valence electrons. The van der Waals surface area contributed by atoms with E-state index in [-0.39, 0.29) is 0 Å². The lowest BCUT2D eigenvalue weighted by Crippen LogP contribution is -2.37. The summed E-state index contributed by atoms with van der Waals surface area (Å²) in [4.78, 5) is 3.96. The van der Waals surface area contributed by atoms with Crippen molar-refractivity contribution in [1.29, 1.82) is 5.26 Å². The van der Waals surface area contributed by atoms with Gasteiger partial charge in [-0.1, -0.05) is 0 Å². The number of aliphatic imine (C=N–C) groups is 1. The van der Waals surface area contributed by atoms with E-state index in [1.807, 2.05) is 0 Å². The second-order valence-corrected chi connectivity index (χ2v) is 1.97. The SMILES string of the molecule is N#CNC(=NCCN)NCCN. The Labute approximate surface area is 71.6 Å². The quantitative estimate of drug-likeness (QED) is 0.167. The molecule has 12 heavy (non-hydrogen) atoms. The lowest BCUT2D eigenvalue weighted by Gasteiger charge is -2.05. The van der Waals surface area contributed by atoms with Crippen molar-refractivity contribution in [1.82, 2.24) is 10.6 Å². The number of rotatable bonds is 4. The van der Waals surface area contributed by atoms with E-state index in [1.165, 1.54) is 0 Å². The normalized spacial score (nSPS) is 10.6. The molecule has 6 nitrogen and oxygen atoms in total. The van der Waals surface area contributed by atoms with Crippen LogP contribution < -0.4 is 22.1 Å². The summed E-state index contributed by atoms with van der Waals surface area (Å²) in [7, 11) is 0. The Morgan fingerprint density at radius 1 is 1.42 bits per heavy atom. The van der Waals surface area contributed by atoms with Crippen LogP contribution in [-0.4, -0.2) is 32.1 Å². The minimum atomic E-state index is 0.424. The highest BCUT2D eigenvalue weighted by Crippen LogP contribution is 1.69. The van der Waals surface area contributed by atoms with E-state index in [4.69, 9.17) is 16.7 Å². The Bertz CT molecular complexity index is 169. The molecule has 0 aliphatic carbocycles. The van der Waals surface area contributed by atoms with Crippen molar-refractivity contribution >= 4 is 5.96 Å². The van der Waals surface area contributed by atoms with Crippen LogP contribution >= 0.6 is 0 Å². The van der Waals surface area contributed by atoms with Gasteiger partial charge in [0.15, 0.2) is 6.19 Å². The maximum absolute atomic E-state index is 8.29. The van der Waals surface area contributed by atoms with Crippen molar-refractivity contribution in [2.75, 3.05) is 26.2 Å². The van der Waals surface area contributed by atoms with Crippen molar-refractivity contribution < 1.29 is 0 Å². The number of nitrogens with zero attached hydrogens (tertiary/aromatic N) is 2. The molecule has 0 atom stereocenters. The molecule has 0 unspecified atom stereocenters. The number of nitrogens with two attached hydrogens (primary N) is 2. The molecule has 0 spiro atoms. The summed E-state index contributed by atoms with van der Waals surface area (Å²) in [6.07, 6.45) is 1.76. The summed E-state index contributed by atoms with van der Waals surface area (Å²) < 4.78 is 0. The molecule has 0 aromatic rings. The van der Waals surface area contributed by atoms with E-state index >= 15 is 0 Å². The Hall–Kier alpha value is -1.32. The zero-order valence-corrected chi connectivity index (χ0v) is 6.88. The van der Waals surface area contributed by atoms with Gasteiger partial charge in [0.05, 0.1) is 6.54 Å². The number of nitrogens with one attached hydrogen (secondary N) is 2. The molecule has 0 aromatic carbocycles. The van der Waals surface area contributed by atoms with E-state index in [9.17, 15) is 0 Å². The van der Waals surface area contributed by atoms with Crippen LogP contribution in [0.1, 0.15) is 0 Å². The Balaban J connectivity index is 3.78. The van der Waals surface area contributed by atoms with Gasteiger partial charge in [0, 0.05) is 19.6 Å². The smallest absolute Gasteiger partial charge is 0.204 e. The standard InChI is InChI=1S/C6H14N6/c7-1-3-10-6(12-5-9)11-4-2-8/h1-4,7-8H2,(H2,10,11,12). The monoisotopic (exact) mass is 170 g/mol. The van der Waals surface area contributed by atoms with Gasteiger partial charge in [-0.3, -0.25) is 10.3 Å². The average Bonchev–Trinajstić information content (AvgIpc) is 2.10. The van der Waals surface area contributed by atoms with Crippen LogP contribution in [0.3, 0.4) is 0 Å². The van der Waals surface area contributed by atoms with E-state index in [2.05, 4.69) is 15.6 Å². The molecule has 6 heteroatoms. The molecular formula is C6H14N6. The molecular weight excluding hydrogens is 156 g/mol. The Kier molecular flexibility index (Phi) is 6.93.